The minimum Gasteiger partial charge on any atom is -0.506 e. The van der Waals surface area contributed by atoms with Gasteiger partial charge < -0.3 is 10.2 Å². The monoisotopic (exact) mass is 433 g/mol. The molecule has 0 radical (unpaired) electrons. The molecule has 2 aromatic carbocycles. The predicted molar refractivity (Wildman–Crippen MR) is 109 cm³/mol. The van der Waals surface area contributed by atoms with Crippen molar-refractivity contribution < 1.29 is 22.8 Å². The van der Waals surface area contributed by atoms with E-state index in [-0.39, 0.29) is 21.8 Å². The van der Waals surface area contributed by atoms with Crippen LogP contribution in [-0.2, 0) is 20.9 Å². The van der Waals surface area contributed by atoms with Crippen LogP contribution in [0.2, 0.25) is 5.02 Å². The summed E-state index contributed by atoms with van der Waals surface area (Å²) in [4.78, 5) is 4.08. The highest BCUT2D eigenvalue weighted by atomic mass is 35.5. The summed E-state index contributed by atoms with van der Waals surface area (Å²) in [5.41, 5.74) is 2.12. The summed E-state index contributed by atoms with van der Waals surface area (Å²) in [7, 11) is -4.05. The van der Waals surface area contributed by atoms with Crippen LogP contribution in [0.3, 0.4) is 0 Å². The molecule has 0 amide bonds. The van der Waals surface area contributed by atoms with Gasteiger partial charge in [0, 0.05) is 22.3 Å². The number of halogens is 1. The first kappa shape index (κ1) is 21.3. The molecule has 2 N–H and O–H groups in total. The molecule has 0 aliphatic heterocycles. The number of hydrogen-bond acceptors (Lipinski definition) is 6. The smallest absolute Gasteiger partial charge is 0.297 e. The zero-order valence-electron chi connectivity index (χ0n) is 15.8. The van der Waals surface area contributed by atoms with Gasteiger partial charge >= 0.3 is 0 Å². The highest BCUT2D eigenvalue weighted by molar-refractivity contribution is 7.86. The molecule has 0 bridgehead atoms. The minimum atomic E-state index is -4.05. The largest absolute Gasteiger partial charge is 0.506 e. The molecule has 8 heteroatoms. The Kier molecular flexibility index (Phi) is 6.24. The lowest BCUT2D eigenvalue weighted by Crippen LogP contribution is -2.11. The van der Waals surface area contributed by atoms with Crippen molar-refractivity contribution in [3.63, 3.8) is 0 Å². The number of aromatic hydroxyl groups is 1. The number of aryl methyl sites for hydroxylation is 2. The maximum absolute atomic E-state index is 12.5. The standard InChI is InChI=1S/C21H20ClNO5S/c1-13-3-9-17(10-4-13)29(26,27)28-12-19-18(11-23-14(2)20(19)24)21(25)15-5-7-16(22)8-6-15/h3-11,21,24-25H,12H2,1-2H3. The maximum Gasteiger partial charge on any atom is 0.297 e. The van der Waals surface area contributed by atoms with Gasteiger partial charge in [-0.3, -0.25) is 9.17 Å². The maximum atomic E-state index is 12.5. The molecule has 3 aromatic rings. The van der Waals surface area contributed by atoms with E-state index in [0.717, 1.165) is 5.56 Å². The van der Waals surface area contributed by atoms with Crippen LogP contribution < -0.4 is 0 Å². The van der Waals surface area contributed by atoms with Gasteiger partial charge in [0.15, 0.2) is 0 Å². The van der Waals surface area contributed by atoms with E-state index < -0.39 is 22.8 Å². The molecule has 0 aliphatic rings. The van der Waals surface area contributed by atoms with Crippen molar-refractivity contribution >= 4 is 21.7 Å². The second-order valence-electron chi connectivity index (χ2n) is 6.61. The van der Waals surface area contributed by atoms with Gasteiger partial charge in [0.1, 0.15) is 11.9 Å². The molecular formula is C21H20ClNO5S. The van der Waals surface area contributed by atoms with E-state index in [4.69, 9.17) is 15.8 Å². The second kappa shape index (κ2) is 8.51. The van der Waals surface area contributed by atoms with Gasteiger partial charge in [0.25, 0.3) is 10.1 Å². The van der Waals surface area contributed by atoms with Gasteiger partial charge in [0.05, 0.1) is 17.2 Å². The Bertz CT molecular complexity index is 1110. The SMILES string of the molecule is Cc1ccc(S(=O)(=O)OCc2c(C(O)c3ccc(Cl)cc3)cnc(C)c2O)cc1. The number of benzene rings is 2. The van der Waals surface area contributed by atoms with Crippen molar-refractivity contribution in [3.05, 3.63) is 87.7 Å². The van der Waals surface area contributed by atoms with E-state index in [2.05, 4.69) is 4.98 Å². The van der Waals surface area contributed by atoms with E-state index in [0.29, 0.717) is 16.3 Å². The van der Waals surface area contributed by atoms with Crippen LogP contribution in [-0.4, -0.2) is 23.6 Å². The van der Waals surface area contributed by atoms with Crippen molar-refractivity contribution in [1.82, 2.24) is 4.98 Å². The lowest BCUT2D eigenvalue weighted by molar-refractivity contribution is 0.213. The number of rotatable bonds is 6. The third-order valence-corrected chi connectivity index (χ3v) is 6.05. The van der Waals surface area contributed by atoms with Crippen LogP contribution in [0.1, 0.15) is 34.1 Å². The zero-order chi connectivity index (χ0) is 21.2. The van der Waals surface area contributed by atoms with Gasteiger partial charge in [-0.05, 0) is 43.7 Å². The molecule has 29 heavy (non-hydrogen) atoms. The molecule has 3 rings (SSSR count). The van der Waals surface area contributed by atoms with Crippen LogP contribution in [0.25, 0.3) is 0 Å². The topological polar surface area (TPSA) is 96.7 Å². The summed E-state index contributed by atoms with van der Waals surface area (Å²) < 4.78 is 30.2. The highest BCUT2D eigenvalue weighted by Crippen LogP contribution is 2.33. The third kappa shape index (κ3) is 4.76. The van der Waals surface area contributed by atoms with E-state index >= 15 is 0 Å². The Balaban J connectivity index is 1.93. The molecule has 6 nitrogen and oxygen atoms in total. The molecule has 0 saturated carbocycles. The molecule has 1 aromatic heterocycles. The Morgan fingerprint density at radius 3 is 2.31 bits per heavy atom. The van der Waals surface area contributed by atoms with Crippen LogP contribution in [0.15, 0.2) is 59.6 Å². The number of pyridine rings is 1. The number of aromatic nitrogens is 1. The summed E-state index contributed by atoms with van der Waals surface area (Å²) in [5, 5.41) is 21.7. The quantitative estimate of drug-likeness (QED) is 0.569. The molecule has 0 fully saturated rings. The van der Waals surface area contributed by atoms with Gasteiger partial charge in [-0.2, -0.15) is 8.42 Å². The summed E-state index contributed by atoms with van der Waals surface area (Å²) in [6.07, 6.45) is 0.248. The molecule has 1 unspecified atom stereocenters. The first-order valence-corrected chi connectivity index (χ1v) is 10.5. The van der Waals surface area contributed by atoms with Crippen LogP contribution in [0.5, 0.6) is 5.75 Å². The van der Waals surface area contributed by atoms with Crippen molar-refractivity contribution in [3.8, 4) is 5.75 Å². The van der Waals surface area contributed by atoms with E-state index in [9.17, 15) is 18.6 Å². The van der Waals surface area contributed by atoms with Crippen molar-refractivity contribution in [2.75, 3.05) is 0 Å². The fraction of sp³-hybridized carbons (Fsp3) is 0.190. The fourth-order valence-corrected chi connectivity index (χ4v) is 3.79. The number of hydrogen-bond donors (Lipinski definition) is 2. The lowest BCUT2D eigenvalue weighted by atomic mass is 9.98. The first-order valence-electron chi connectivity index (χ1n) is 8.76. The minimum absolute atomic E-state index is 0.00756. The summed E-state index contributed by atoms with van der Waals surface area (Å²) in [6, 6.07) is 12.8. The Morgan fingerprint density at radius 2 is 1.69 bits per heavy atom. The fourth-order valence-electron chi connectivity index (χ4n) is 2.78. The molecule has 0 spiro atoms. The molecule has 1 heterocycles. The number of aliphatic hydroxyl groups is 1. The van der Waals surface area contributed by atoms with E-state index in [1.165, 1.54) is 18.3 Å². The Morgan fingerprint density at radius 1 is 1.07 bits per heavy atom. The normalized spacial score (nSPS) is 12.7. The zero-order valence-corrected chi connectivity index (χ0v) is 17.4. The number of aliphatic hydroxyl groups excluding tert-OH is 1. The van der Waals surface area contributed by atoms with E-state index in [1.54, 1.807) is 43.3 Å². The summed E-state index contributed by atoms with van der Waals surface area (Å²) in [5.74, 6) is -0.227. The molecule has 1 atom stereocenters. The molecule has 152 valence electrons. The molecular weight excluding hydrogens is 414 g/mol. The van der Waals surface area contributed by atoms with Crippen molar-refractivity contribution in [2.45, 2.75) is 31.5 Å². The van der Waals surface area contributed by atoms with Crippen LogP contribution in [0, 0.1) is 13.8 Å². The summed E-state index contributed by atoms with van der Waals surface area (Å²) >= 11 is 5.89. The molecule has 0 saturated heterocycles. The lowest BCUT2D eigenvalue weighted by Gasteiger charge is -2.18. The number of nitrogens with zero attached hydrogens (tertiary/aromatic N) is 1. The van der Waals surface area contributed by atoms with Gasteiger partial charge in [-0.15, -0.1) is 0 Å². The molecule has 0 aliphatic carbocycles. The second-order valence-corrected chi connectivity index (χ2v) is 8.66. The average molecular weight is 434 g/mol. The summed E-state index contributed by atoms with van der Waals surface area (Å²) in [6.45, 7) is 2.97. The van der Waals surface area contributed by atoms with Crippen LogP contribution >= 0.6 is 11.6 Å². The third-order valence-electron chi connectivity index (χ3n) is 4.52. The van der Waals surface area contributed by atoms with Crippen molar-refractivity contribution in [1.29, 1.82) is 0 Å². The first-order chi connectivity index (χ1) is 13.7. The highest BCUT2D eigenvalue weighted by Gasteiger charge is 2.23. The van der Waals surface area contributed by atoms with Crippen LogP contribution in [0.4, 0.5) is 0 Å². The average Bonchev–Trinajstić information content (AvgIpc) is 2.69. The predicted octanol–water partition coefficient (Wildman–Crippen LogP) is 4.04. The van der Waals surface area contributed by atoms with Crippen molar-refractivity contribution in [2.24, 2.45) is 0 Å². The van der Waals surface area contributed by atoms with E-state index in [1.807, 2.05) is 6.92 Å². The Hall–Kier alpha value is -2.45. The van der Waals surface area contributed by atoms with Gasteiger partial charge in [-0.1, -0.05) is 41.4 Å². The van der Waals surface area contributed by atoms with Gasteiger partial charge in [-0.25, -0.2) is 0 Å². The van der Waals surface area contributed by atoms with Gasteiger partial charge in [0.2, 0.25) is 0 Å². The Labute approximate surface area is 174 Å².